The summed E-state index contributed by atoms with van der Waals surface area (Å²) in [6.07, 6.45) is 4.98. The summed E-state index contributed by atoms with van der Waals surface area (Å²) in [6.45, 7) is 4.46. The molecule has 3 aromatic carbocycles. The average Bonchev–Trinajstić information content (AvgIpc) is 3.70. The van der Waals surface area contributed by atoms with Gasteiger partial charge in [-0.1, -0.05) is 46.4 Å². The molecule has 2 heterocycles. The highest BCUT2D eigenvalue weighted by Gasteiger charge is 2.22. The average molecular weight is 895 g/mol. The maximum atomic E-state index is 14.0. The molecule has 2 aromatic heterocycles. The molecule has 0 saturated heterocycles. The zero-order valence-electron chi connectivity index (χ0n) is 32.1. The molecule has 0 spiro atoms. The predicted octanol–water partition coefficient (Wildman–Crippen LogP) is 8.95. The molecule has 15 heteroatoms. The Morgan fingerprint density at radius 3 is 1.89 bits per heavy atom. The first-order chi connectivity index (χ1) is 30.1. The van der Waals surface area contributed by atoms with Crippen molar-refractivity contribution in [3.8, 4) is 142 Å². The van der Waals surface area contributed by atoms with E-state index in [1.165, 1.54) is 36.4 Å². The van der Waals surface area contributed by atoms with E-state index in [1.54, 1.807) is 18.2 Å². The first-order valence-corrected chi connectivity index (χ1v) is 19.1. The third kappa shape index (κ3) is 11.7. The Morgan fingerprint density at radius 1 is 0.710 bits per heavy atom. The van der Waals surface area contributed by atoms with Crippen LogP contribution in [0.1, 0.15) is 19.4 Å². The SMILES string of the molecule is C#CC#CC#CC#CC#CC#CC#CC#CC#Cc1cc(O)n(-c2ccc(Cl)c(Nc3[nH]n(-c4c(Cl)cc(Cl)cc4Cl)c(=O)c3N=Nc3ccc(OCC)c(OCC)c3)c2)c1O. The molecule has 300 valence electrons. The van der Waals surface area contributed by atoms with Crippen LogP contribution in [-0.2, 0) is 0 Å². The van der Waals surface area contributed by atoms with Crippen LogP contribution >= 0.6 is 46.4 Å². The Bertz CT molecular complexity index is 3240. The second-order valence-corrected chi connectivity index (χ2v) is 13.1. The number of azo groups is 1. The summed E-state index contributed by atoms with van der Waals surface area (Å²) in [5.74, 6) is 42.1. The minimum absolute atomic E-state index is 0.0169. The number of ether oxygens (including phenoxy) is 2. The third-order valence-corrected chi connectivity index (χ3v) is 8.56. The highest BCUT2D eigenvalue weighted by molar-refractivity contribution is 6.40. The fourth-order valence-electron chi connectivity index (χ4n) is 4.98. The normalized spacial score (nSPS) is 9.31. The molecule has 62 heavy (non-hydrogen) atoms. The number of benzene rings is 3. The molecule has 0 aliphatic rings. The van der Waals surface area contributed by atoms with Crippen LogP contribution in [0.25, 0.3) is 11.4 Å². The van der Waals surface area contributed by atoms with Crippen molar-refractivity contribution < 1.29 is 19.7 Å². The molecule has 0 unspecified atom stereocenters. The molecule has 0 radical (unpaired) electrons. The van der Waals surface area contributed by atoms with Crippen LogP contribution in [0.15, 0.2) is 69.6 Å². The van der Waals surface area contributed by atoms with Gasteiger partial charge in [-0.3, -0.25) is 14.5 Å². The maximum absolute atomic E-state index is 14.0. The van der Waals surface area contributed by atoms with Crippen LogP contribution < -0.4 is 20.3 Å². The van der Waals surface area contributed by atoms with Gasteiger partial charge in [-0.15, -0.1) is 11.5 Å². The molecule has 0 atom stereocenters. The minimum Gasteiger partial charge on any atom is -0.494 e. The van der Waals surface area contributed by atoms with Gasteiger partial charge in [-0.2, -0.15) is 5.11 Å². The van der Waals surface area contributed by atoms with Gasteiger partial charge >= 0.3 is 5.56 Å². The number of rotatable bonds is 10. The van der Waals surface area contributed by atoms with E-state index in [0.29, 0.717) is 30.4 Å². The van der Waals surface area contributed by atoms with E-state index in [9.17, 15) is 15.0 Å². The first kappa shape index (κ1) is 44.8. The summed E-state index contributed by atoms with van der Waals surface area (Å²) in [6, 6.07) is 13.6. The van der Waals surface area contributed by atoms with Crippen molar-refractivity contribution in [3.63, 3.8) is 0 Å². The van der Waals surface area contributed by atoms with Crippen molar-refractivity contribution in [1.29, 1.82) is 0 Å². The fraction of sp³-hybridized carbons (Fsp3) is 0.0851. The Morgan fingerprint density at radius 2 is 1.29 bits per heavy atom. The number of hydrogen-bond donors (Lipinski definition) is 4. The lowest BCUT2D eigenvalue weighted by Crippen LogP contribution is -2.15. The molecular formula is C47H24Cl4N6O5. The molecule has 0 fully saturated rings. The summed E-state index contributed by atoms with van der Waals surface area (Å²) in [4.78, 5) is 14.0. The van der Waals surface area contributed by atoms with Crippen LogP contribution in [0.3, 0.4) is 0 Å². The number of aromatic hydroxyl groups is 2. The van der Waals surface area contributed by atoms with Gasteiger partial charge in [0.25, 0.3) is 0 Å². The molecule has 11 nitrogen and oxygen atoms in total. The zero-order valence-corrected chi connectivity index (χ0v) is 35.1. The summed E-state index contributed by atoms with van der Waals surface area (Å²) in [5, 5.41) is 37.1. The molecule has 0 aliphatic heterocycles. The van der Waals surface area contributed by atoms with Crippen molar-refractivity contribution in [2.24, 2.45) is 10.2 Å². The van der Waals surface area contributed by atoms with E-state index >= 15 is 0 Å². The van der Waals surface area contributed by atoms with Gasteiger partial charge in [0.15, 0.2) is 28.9 Å². The fourth-order valence-corrected chi connectivity index (χ4v) is 6.13. The number of halogens is 4. The Hall–Kier alpha value is -8.25. The van der Waals surface area contributed by atoms with Crippen LogP contribution in [0.2, 0.25) is 20.1 Å². The second-order valence-electron chi connectivity index (χ2n) is 11.4. The van der Waals surface area contributed by atoms with Gasteiger partial charge in [0.05, 0.1) is 50.9 Å². The van der Waals surface area contributed by atoms with Crippen LogP contribution in [-0.4, -0.2) is 37.8 Å². The first-order valence-electron chi connectivity index (χ1n) is 17.5. The van der Waals surface area contributed by atoms with Gasteiger partial charge < -0.3 is 25.0 Å². The summed E-state index contributed by atoms with van der Waals surface area (Å²) in [5.41, 5.74) is 0.0577. The lowest BCUT2D eigenvalue weighted by Gasteiger charge is -2.12. The van der Waals surface area contributed by atoms with Crippen molar-refractivity contribution in [1.82, 2.24) is 14.3 Å². The van der Waals surface area contributed by atoms with E-state index < -0.39 is 11.4 Å². The standard InChI is InChI=1S/C47H24Cl4N6O5/c1-4-7-8-9-10-11-12-13-14-15-16-17-18-19-20-21-22-32-27-42(58)56(46(32)59)35-24-25-36(49)39(31-35)52-45-43(47(60)57(55-45)44-37(50)28-33(48)29-38(44)51)54-53-34-23-26-40(61-5-2)41(30-34)62-6-3/h1,23-31,52,55,58-59H,5-6H2,2-3H3. The summed E-state index contributed by atoms with van der Waals surface area (Å²) in [7, 11) is 0. The zero-order chi connectivity index (χ0) is 44.4. The van der Waals surface area contributed by atoms with E-state index in [-0.39, 0.29) is 60.1 Å². The van der Waals surface area contributed by atoms with E-state index in [1.807, 2.05) is 13.8 Å². The largest absolute Gasteiger partial charge is 0.494 e. The van der Waals surface area contributed by atoms with Crippen molar-refractivity contribution in [2.45, 2.75) is 13.8 Å². The number of nitrogens with one attached hydrogen (secondary N) is 2. The van der Waals surface area contributed by atoms with Gasteiger partial charge in [0.1, 0.15) is 5.69 Å². The van der Waals surface area contributed by atoms with Crippen molar-refractivity contribution >= 4 is 69.3 Å². The molecular weight excluding hydrogens is 870 g/mol. The number of hydrogen-bond acceptors (Lipinski definition) is 8. The predicted molar refractivity (Wildman–Crippen MR) is 242 cm³/mol. The monoisotopic (exact) mass is 892 g/mol. The lowest BCUT2D eigenvalue weighted by atomic mass is 10.2. The molecule has 5 rings (SSSR count). The Kier molecular flexibility index (Phi) is 16.1. The number of nitrogens with zero attached hydrogens (tertiary/aromatic N) is 4. The number of aromatic amines is 1. The number of terminal acetylenes is 1. The lowest BCUT2D eigenvalue weighted by molar-refractivity contribution is 0.288. The highest BCUT2D eigenvalue weighted by Crippen LogP contribution is 2.38. The van der Waals surface area contributed by atoms with E-state index in [2.05, 4.69) is 121 Å². The molecule has 0 saturated carbocycles. The van der Waals surface area contributed by atoms with Crippen LogP contribution in [0.4, 0.5) is 22.9 Å². The van der Waals surface area contributed by atoms with Crippen LogP contribution in [0.5, 0.6) is 23.3 Å². The molecule has 0 aliphatic carbocycles. The number of anilines is 2. The molecule has 0 bridgehead atoms. The Labute approximate surface area is 376 Å². The van der Waals surface area contributed by atoms with Gasteiger partial charge in [-0.05, 0) is 157 Å². The molecule has 4 N–H and O–H groups in total. The maximum Gasteiger partial charge on any atom is 0.301 e. The van der Waals surface area contributed by atoms with Crippen LogP contribution in [0, 0.1) is 107 Å². The van der Waals surface area contributed by atoms with Gasteiger partial charge in [-0.25, -0.2) is 4.68 Å². The van der Waals surface area contributed by atoms with Crippen molar-refractivity contribution in [2.75, 3.05) is 18.5 Å². The molecule has 0 amide bonds. The van der Waals surface area contributed by atoms with Gasteiger partial charge in [0, 0.05) is 17.2 Å². The topological polar surface area (TPSA) is 138 Å². The Balaban J connectivity index is 1.44. The summed E-state index contributed by atoms with van der Waals surface area (Å²) >= 11 is 25.8. The quantitative estimate of drug-likeness (QED) is 0.0817. The number of H-pyrrole nitrogens is 1. The summed E-state index contributed by atoms with van der Waals surface area (Å²) < 4.78 is 13.5. The van der Waals surface area contributed by atoms with E-state index in [0.717, 1.165) is 9.25 Å². The van der Waals surface area contributed by atoms with E-state index in [4.69, 9.17) is 62.3 Å². The minimum atomic E-state index is -0.696. The highest BCUT2D eigenvalue weighted by atomic mass is 35.5. The second kappa shape index (κ2) is 22.2. The van der Waals surface area contributed by atoms with Crippen molar-refractivity contribution in [3.05, 3.63) is 90.6 Å². The third-order valence-electron chi connectivity index (χ3n) is 7.43. The number of aromatic nitrogens is 3. The van der Waals surface area contributed by atoms with Gasteiger partial charge in [0.2, 0.25) is 5.88 Å². The molecule has 5 aromatic rings. The smallest absolute Gasteiger partial charge is 0.301 e.